The second-order valence-corrected chi connectivity index (χ2v) is 5.84. The maximum absolute atomic E-state index is 12.3. The highest BCUT2D eigenvalue weighted by Gasteiger charge is 2.09. The lowest BCUT2D eigenvalue weighted by molar-refractivity contribution is -0.119. The Morgan fingerprint density at radius 1 is 1.08 bits per heavy atom. The molecule has 0 aliphatic heterocycles. The second-order valence-electron chi connectivity index (χ2n) is 5.84. The van der Waals surface area contributed by atoms with Gasteiger partial charge in [-0.2, -0.15) is 0 Å². The topological polar surface area (TPSA) is 81.4 Å². The Balaban J connectivity index is 2.05. The number of amides is 2. The number of ether oxygens (including phenoxy) is 1. The standard InChI is InChI=1S/C19H22N2O3/c1-12-7-13(2)17(14(3)8-12)10-21-19(23)15-5-4-6-16(9-15)24-11-18(20)22/h4-9H,10-11H2,1-3H3,(H2,20,22)(H,21,23). The lowest BCUT2D eigenvalue weighted by Gasteiger charge is -2.13. The van der Waals surface area contributed by atoms with E-state index in [0.29, 0.717) is 17.9 Å². The number of hydrogen-bond acceptors (Lipinski definition) is 3. The molecule has 0 heterocycles. The third kappa shape index (κ3) is 4.59. The van der Waals surface area contributed by atoms with E-state index in [1.165, 1.54) is 5.56 Å². The molecule has 0 spiro atoms. The Morgan fingerprint density at radius 2 is 1.75 bits per heavy atom. The summed E-state index contributed by atoms with van der Waals surface area (Å²) in [6.07, 6.45) is 0. The van der Waals surface area contributed by atoms with Crippen molar-refractivity contribution in [3.8, 4) is 5.75 Å². The van der Waals surface area contributed by atoms with Crippen molar-refractivity contribution in [2.24, 2.45) is 5.73 Å². The summed E-state index contributed by atoms with van der Waals surface area (Å²) in [6, 6.07) is 10.9. The third-order valence-corrected chi connectivity index (χ3v) is 3.74. The minimum absolute atomic E-state index is 0.195. The monoisotopic (exact) mass is 326 g/mol. The summed E-state index contributed by atoms with van der Waals surface area (Å²) in [4.78, 5) is 23.1. The van der Waals surface area contributed by atoms with Crippen LogP contribution in [0.15, 0.2) is 36.4 Å². The first-order valence-electron chi connectivity index (χ1n) is 7.73. The van der Waals surface area contributed by atoms with E-state index in [1.54, 1.807) is 24.3 Å². The number of aryl methyl sites for hydroxylation is 3. The summed E-state index contributed by atoms with van der Waals surface area (Å²) in [5.74, 6) is -0.321. The summed E-state index contributed by atoms with van der Waals surface area (Å²) >= 11 is 0. The Kier molecular flexibility index (Phi) is 5.58. The van der Waals surface area contributed by atoms with Crippen molar-refractivity contribution in [2.75, 3.05) is 6.61 Å². The number of nitrogens with two attached hydrogens (primary N) is 1. The lowest BCUT2D eigenvalue weighted by atomic mass is 10.00. The molecule has 0 saturated carbocycles. The van der Waals surface area contributed by atoms with Crippen LogP contribution in [0, 0.1) is 20.8 Å². The minimum Gasteiger partial charge on any atom is -0.484 e. The van der Waals surface area contributed by atoms with Crippen LogP contribution >= 0.6 is 0 Å². The SMILES string of the molecule is Cc1cc(C)c(CNC(=O)c2cccc(OCC(N)=O)c2)c(C)c1. The van der Waals surface area contributed by atoms with Crippen LogP contribution in [-0.4, -0.2) is 18.4 Å². The zero-order valence-electron chi connectivity index (χ0n) is 14.2. The molecule has 0 radical (unpaired) electrons. The smallest absolute Gasteiger partial charge is 0.255 e. The van der Waals surface area contributed by atoms with Crippen LogP contribution in [0.5, 0.6) is 5.75 Å². The number of benzene rings is 2. The fraction of sp³-hybridized carbons (Fsp3) is 0.263. The van der Waals surface area contributed by atoms with Crippen molar-refractivity contribution in [3.05, 3.63) is 64.2 Å². The van der Waals surface area contributed by atoms with Crippen molar-refractivity contribution in [3.63, 3.8) is 0 Å². The molecule has 0 aliphatic carbocycles. The van der Waals surface area contributed by atoms with Gasteiger partial charge >= 0.3 is 0 Å². The number of hydrogen-bond donors (Lipinski definition) is 2. The maximum Gasteiger partial charge on any atom is 0.255 e. The predicted molar refractivity (Wildman–Crippen MR) is 93.0 cm³/mol. The van der Waals surface area contributed by atoms with E-state index in [9.17, 15) is 9.59 Å². The molecule has 24 heavy (non-hydrogen) atoms. The van der Waals surface area contributed by atoms with Gasteiger partial charge in [0.25, 0.3) is 11.8 Å². The van der Waals surface area contributed by atoms with E-state index >= 15 is 0 Å². The highest BCUT2D eigenvalue weighted by atomic mass is 16.5. The highest BCUT2D eigenvalue weighted by Crippen LogP contribution is 2.17. The first-order valence-corrected chi connectivity index (χ1v) is 7.73. The molecule has 0 bridgehead atoms. The van der Waals surface area contributed by atoms with Gasteiger partial charge in [0, 0.05) is 12.1 Å². The lowest BCUT2D eigenvalue weighted by Crippen LogP contribution is -2.24. The average Bonchev–Trinajstić information content (AvgIpc) is 2.52. The predicted octanol–water partition coefficient (Wildman–Crippen LogP) is 2.41. The normalized spacial score (nSPS) is 10.3. The Bertz CT molecular complexity index is 746. The number of rotatable bonds is 6. The Hall–Kier alpha value is -2.82. The van der Waals surface area contributed by atoms with Crippen LogP contribution in [0.2, 0.25) is 0 Å². The van der Waals surface area contributed by atoms with E-state index in [0.717, 1.165) is 16.7 Å². The van der Waals surface area contributed by atoms with E-state index in [-0.39, 0.29) is 12.5 Å². The number of nitrogens with one attached hydrogen (secondary N) is 1. The summed E-state index contributed by atoms with van der Waals surface area (Å²) in [5, 5.41) is 2.92. The van der Waals surface area contributed by atoms with Gasteiger partial charge in [-0.1, -0.05) is 23.8 Å². The molecule has 0 saturated heterocycles. The zero-order chi connectivity index (χ0) is 17.7. The number of primary amides is 1. The number of carbonyl (C=O) groups is 2. The zero-order valence-corrected chi connectivity index (χ0v) is 14.2. The molecular formula is C19H22N2O3. The van der Waals surface area contributed by atoms with Crippen molar-refractivity contribution < 1.29 is 14.3 Å². The van der Waals surface area contributed by atoms with Gasteiger partial charge in [-0.25, -0.2) is 0 Å². The van der Waals surface area contributed by atoms with Crippen LogP contribution in [0.4, 0.5) is 0 Å². The first kappa shape index (κ1) is 17.5. The van der Waals surface area contributed by atoms with Gasteiger partial charge in [0.2, 0.25) is 0 Å². The Labute approximate surface area is 141 Å². The average molecular weight is 326 g/mol. The summed E-state index contributed by atoms with van der Waals surface area (Å²) in [6.45, 7) is 6.38. The van der Waals surface area contributed by atoms with E-state index in [2.05, 4.69) is 24.4 Å². The molecule has 0 aromatic heterocycles. The molecule has 0 aliphatic rings. The van der Waals surface area contributed by atoms with Gasteiger partial charge in [0.1, 0.15) is 5.75 Å². The molecule has 2 aromatic carbocycles. The fourth-order valence-corrected chi connectivity index (χ4v) is 2.64. The molecule has 0 fully saturated rings. The molecular weight excluding hydrogens is 304 g/mol. The van der Waals surface area contributed by atoms with Crippen molar-refractivity contribution in [1.29, 1.82) is 0 Å². The van der Waals surface area contributed by atoms with Crippen LogP contribution in [-0.2, 0) is 11.3 Å². The molecule has 5 nitrogen and oxygen atoms in total. The van der Waals surface area contributed by atoms with Gasteiger partial charge in [0.05, 0.1) is 0 Å². The molecule has 3 N–H and O–H groups in total. The van der Waals surface area contributed by atoms with E-state index in [1.807, 2.05) is 13.8 Å². The second kappa shape index (κ2) is 7.64. The van der Waals surface area contributed by atoms with Crippen LogP contribution < -0.4 is 15.8 Å². The van der Waals surface area contributed by atoms with Crippen molar-refractivity contribution in [1.82, 2.24) is 5.32 Å². The minimum atomic E-state index is -0.560. The molecule has 126 valence electrons. The third-order valence-electron chi connectivity index (χ3n) is 3.74. The summed E-state index contributed by atoms with van der Waals surface area (Å²) in [5.41, 5.74) is 10.2. The molecule has 2 amide bonds. The molecule has 2 aromatic rings. The quantitative estimate of drug-likeness (QED) is 0.855. The Morgan fingerprint density at radius 3 is 2.38 bits per heavy atom. The first-order chi connectivity index (χ1) is 11.4. The fourth-order valence-electron chi connectivity index (χ4n) is 2.64. The van der Waals surface area contributed by atoms with Crippen LogP contribution in [0.3, 0.4) is 0 Å². The van der Waals surface area contributed by atoms with Gasteiger partial charge in [0.15, 0.2) is 6.61 Å². The van der Waals surface area contributed by atoms with Crippen LogP contribution in [0.25, 0.3) is 0 Å². The molecule has 0 unspecified atom stereocenters. The highest BCUT2D eigenvalue weighted by molar-refractivity contribution is 5.94. The van der Waals surface area contributed by atoms with Crippen LogP contribution in [0.1, 0.15) is 32.6 Å². The van der Waals surface area contributed by atoms with Crippen molar-refractivity contribution in [2.45, 2.75) is 27.3 Å². The van der Waals surface area contributed by atoms with E-state index in [4.69, 9.17) is 10.5 Å². The molecule has 0 atom stereocenters. The summed E-state index contributed by atoms with van der Waals surface area (Å²) < 4.78 is 5.22. The van der Waals surface area contributed by atoms with Gasteiger partial charge < -0.3 is 15.8 Å². The number of carbonyl (C=O) groups excluding carboxylic acids is 2. The maximum atomic E-state index is 12.3. The summed E-state index contributed by atoms with van der Waals surface area (Å²) in [7, 11) is 0. The molecule has 2 rings (SSSR count). The van der Waals surface area contributed by atoms with Gasteiger partial charge in [-0.05, 0) is 55.7 Å². The largest absolute Gasteiger partial charge is 0.484 e. The van der Waals surface area contributed by atoms with E-state index < -0.39 is 5.91 Å². The van der Waals surface area contributed by atoms with Crippen molar-refractivity contribution >= 4 is 11.8 Å². The van der Waals surface area contributed by atoms with Gasteiger partial charge in [-0.15, -0.1) is 0 Å². The molecule has 5 heteroatoms. The van der Waals surface area contributed by atoms with Gasteiger partial charge in [-0.3, -0.25) is 9.59 Å².